The van der Waals surface area contributed by atoms with Crippen LogP contribution in [-0.4, -0.2) is 22.8 Å². The van der Waals surface area contributed by atoms with Gasteiger partial charge < -0.3 is 4.84 Å². The highest BCUT2D eigenvalue weighted by molar-refractivity contribution is 14.1. The lowest BCUT2D eigenvalue weighted by Gasteiger charge is -2.26. The van der Waals surface area contributed by atoms with Gasteiger partial charge in [-0.2, -0.15) is 0 Å². The Morgan fingerprint density at radius 1 is 0.906 bits per heavy atom. The Morgan fingerprint density at radius 3 is 2.31 bits per heavy atom. The van der Waals surface area contributed by atoms with Gasteiger partial charge >= 0.3 is 5.97 Å². The third-order valence-corrected chi connectivity index (χ3v) is 9.38. The minimum atomic E-state index is -0.731. The quantitative estimate of drug-likeness (QED) is 0.121. The summed E-state index contributed by atoms with van der Waals surface area (Å²) in [4.78, 5) is 44.8. The molecule has 0 N–H and O–H groups in total. The van der Waals surface area contributed by atoms with Crippen molar-refractivity contribution >= 4 is 96.3 Å². The molecule has 0 aromatic heterocycles. The average Bonchev–Trinajstić information content (AvgIpc) is 2.78. The standard InChI is InChI=1S/C24H18I3NO4/c1-2-3-4-6-13-9-10-16-19-14(13)7-5-8-15(19)22(29)28(23(16)30)32-24(31)20-17(25)11-12-18(26)21(20)27/h5,7-12H,2-4,6H2,1H3. The Kier molecular flexibility index (Phi) is 7.40. The van der Waals surface area contributed by atoms with Crippen molar-refractivity contribution in [2.24, 2.45) is 0 Å². The van der Waals surface area contributed by atoms with Crippen LogP contribution in [0.4, 0.5) is 0 Å². The number of carbonyl (C=O) groups excluding carboxylic acids is 3. The highest BCUT2D eigenvalue weighted by Gasteiger charge is 2.37. The molecular weight excluding hydrogens is 747 g/mol. The molecule has 32 heavy (non-hydrogen) atoms. The zero-order valence-corrected chi connectivity index (χ0v) is 23.6. The number of benzene rings is 3. The van der Waals surface area contributed by atoms with Gasteiger partial charge in [0.15, 0.2) is 0 Å². The summed E-state index contributed by atoms with van der Waals surface area (Å²) in [6, 6.07) is 12.8. The molecule has 0 atom stereocenters. The van der Waals surface area contributed by atoms with Crippen LogP contribution in [0.15, 0.2) is 42.5 Å². The third-order valence-electron chi connectivity index (χ3n) is 5.43. The van der Waals surface area contributed by atoms with Gasteiger partial charge in [0.05, 0.1) is 16.7 Å². The number of hydrogen-bond donors (Lipinski definition) is 0. The summed E-state index contributed by atoms with van der Waals surface area (Å²) in [5, 5.41) is 2.15. The number of amides is 2. The first kappa shape index (κ1) is 23.9. The number of hydroxylamine groups is 2. The molecule has 164 valence electrons. The molecule has 0 spiro atoms. The van der Waals surface area contributed by atoms with E-state index in [1.165, 1.54) is 0 Å². The van der Waals surface area contributed by atoms with Gasteiger partial charge in [0, 0.05) is 16.1 Å². The SMILES string of the molecule is CCCCCc1ccc2c3c(cccc13)C(=O)N(OC(=O)c1c(I)ccc(I)c1I)C2=O. The van der Waals surface area contributed by atoms with Crippen LogP contribution in [0.2, 0.25) is 0 Å². The molecule has 2 amide bonds. The maximum atomic E-state index is 13.2. The van der Waals surface area contributed by atoms with Gasteiger partial charge in [-0.25, -0.2) is 4.79 Å². The van der Waals surface area contributed by atoms with Gasteiger partial charge in [-0.1, -0.05) is 43.0 Å². The molecule has 0 saturated heterocycles. The Labute approximate surface area is 226 Å². The van der Waals surface area contributed by atoms with Gasteiger partial charge in [0.25, 0.3) is 11.8 Å². The lowest BCUT2D eigenvalue weighted by Crippen LogP contribution is -2.42. The zero-order chi connectivity index (χ0) is 23.0. The number of halogens is 3. The topological polar surface area (TPSA) is 63.7 Å². The van der Waals surface area contributed by atoms with E-state index in [0.717, 1.165) is 43.8 Å². The minimum Gasteiger partial charge on any atom is -0.324 e. The largest absolute Gasteiger partial charge is 0.366 e. The normalized spacial score (nSPS) is 13.1. The van der Waals surface area contributed by atoms with Gasteiger partial charge in [-0.3, -0.25) is 9.59 Å². The van der Waals surface area contributed by atoms with Crippen LogP contribution in [0.25, 0.3) is 10.8 Å². The second kappa shape index (κ2) is 9.92. The number of rotatable bonds is 6. The second-order valence-electron chi connectivity index (χ2n) is 7.46. The Hall–Kier alpha value is -1.28. The molecule has 5 nitrogen and oxygen atoms in total. The predicted molar refractivity (Wildman–Crippen MR) is 148 cm³/mol. The molecule has 1 heterocycles. The van der Waals surface area contributed by atoms with E-state index in [0.29, 0.717) is 30.7 Å². The first-order valence-electron chi connectivity index (χ1n) is 10.1. The lowest BCUT2D eigenvalue weighted by atomic mass is 9.90. The Morgan fingerprint density at radius 2 is 1.59 bits per heavy atom. The van der Waals surface area contributed by atoms with Crippen molar-refractivity contribution in [3.63, 3.8) is 0 Å². The Balaban J connectivity index is 1.71. The van der Waals surface area contributed by atoms with Crippen LogP contribution in [0.3, 0.4) is 0 Å². The highest BCUT2D eigenvalue weighted by Crippen LogP contribution is 2.34. The van der Waals surface area contributed by atoms with E-state index in [9.17, 15) is 14.4 Å². The summed E-state index contributed by atoms with van der Waals surface area (Å²) in [5.41, 5.74) is 2.20. The van der Waals surface area contributed by atoms with E-state index >= 15 is 0 Å². The molecule has 0 saturated carbocycles. The summed E-state index contributed by atoms with van der Waals surface area (Å²) in [7, 11) is 0. The molecule has 0 bridgehead atoms. The van der Waals surface area contributed by atoms with Gasteiger partial charge in [0.1, 0.15) is 0 Å². The van der Waals surface area contributed by atoms with E-state index < -0.39 is 17.8 Å². The molecule has 1 aliphatic rings. The lowest BCUT2D eigenvalue weighted by molar-refractivity contribution is -0.0622. The van der Waals surface area contributed by atoms with E-state index in [4.69, 9.17) is 4.84 Å². The monoisotopic (exact) mass is 765 g/mol. The van der Waals surface area contributed by atoms with E-state index in [1.807, 2.05) is 46.9 Å². The summed E-state index contributed by atoms with van der Waals surface area (Å²) < 4.78 is 2.29. The van der Waals surface area contributed by atoms with Gasteiger partial charge in [-0.15, -0.1) is 0 Å². The number of imide groups is 1. The Bertz CT molecular complexity index is 1250. The second-order valence-corrected chi connectivity index (χ2v) is 10.9. The molecule has 0 radical (unpaired) electrons. The summed E-state index contributed by atoms with van der Waals surface area (Å²) in [5.74, 6) is -1.98. The molecule has 3 aromatic rings. The van der Waals surface area contributed by atoms with Crippen molar-refractivity contribution in [1.82, 2.24) is 5.06 Å². The highest BCUT2D eigenvalue weighted by atomic mass is 127. The number of aryl methyl sites for hydroxylation is 1. The molecule has 0 fully saturated rings. The van der Waals surface area contributed by atoms with Crippen molar-refractivity contribution in [2.75, 3.05) is 0 Å². The maximum absolute atomic E-state index is 13.2. The summed E-state index contributed by atoms with van der Waals surface area (Å²) in [6.45, 7) is 2.16. The van der Waals surface area contributed by atoms with Gasteiger partial charge in [-0.05, 0) is 116 Å². The summed E-state index contributed by atoms with van der Waals surface area (Å²) in [6.07, 6.45) is 4.18. The average molecular weight is 765 g/mol. The fourth-order valence-corrected chi connectivity index (χ4v) is 6.17. The minimum absolute atomic E-state index is 0.342. The van der Waals surface area contributed by atoms with Gasteiger partial charge in [0.2, 0.25) is 0 Å². The summed E-state index contributed by atoms with van der Waals surface area (Å²) >= 11 is 6.25. The van der Waals surface area contributed by atoms with E-state index in [1.54, 1.807) is 18.2 Å². The smallest absolute Gasteiger partial charge is 0.324 e. The van der Waals surface area contributed by atoms with E-state index in [2.05, 4.69) is 52.1 Å². The number of carbonyl (C=O) groups is 3. The van der Waals surface area contributed by atoms with E-state index in [-0.39, 0.29) is 0 Å². The van der Waals surface area contributed by atoms with Crippen LogP contribution < -0.4 is 0 Å². The fraction of sp³-hybridized carbons (Fsp3) is 0.208. The first-order chi connectivity index (χ1) is 15.3. The van der Waals surface area contributed by atoms with Crippen LogP contribution in [0.5, 0.6) is 0 Å². The van der Waals surface area contributed by atoms with Crippen LogP contribution in [-0.2, 0) is 11.3 Å². The molecule has 4 rings (SSSR count). The molecular formula is C24H18I3NO4. The van der Waals surface area contributed by atoms with Crippen LogP contribution in [0.1, 0.15) is 62.8 Å². The van der Waals surface area contributed by atoms with Crippen molar-refractivity contribution < 1.29 is 19.2 Å². The molecule has 0 aliphatic carbocycles. The first-order valence-corrected chi connectivity index (χ1v) is 13.4. The molecule has 0 unspecified atom stereocenters. The number of nitrogens with zero attached hydrogens (tertiary/aromatic N) is 1. The van der Waals surface area contributed by atoms with Crippen molar-refractivity contribution in [3.8, 4) is 0 Å². The van der Waals surface area contributed by atoms with Crippen LogP contribution >= 0.6 is 67.8 Å². The van der Waals surface area contributed by atoms with Crippen molar-refractivity contribution in [1.29, 1.82) is 0 Å². The predicted octanol–water partition coefficient (Wildman–Crippen LogP) is 6.75. The van der Waals surface area contributed by atoms with Crippen molar-refractivity contribution in [3.05, 3.63) is 75.4 Å². The third kappa shape index (κ3) is 4.29. The maximum Gasteiger partial charge on any atom is 0.366 e. The number of unbranched alkanes of at least 4 members (excludes halogenated alkanes) is 2. The number of hydrogen-bond acceptors (Lipinski definition) is 4. The molecule has 1 aliphatic heterocycles. The van der Waals surface area contributed by atoms with Crippen LogP contribution in [0, 0.1) is 10.7 Å². The molecule has 3 aromatic carbocycles. The van der Waals surface area contributed by atoms with Crippen molar-refractivity contribution in [2.45, 2.75) is 32.6 Å². The molecule has 8 heteroatoms. The fourth-order valence-electron chi connectivity index (χ4n) is 3.84. The zero-order valence-electron chi connectivity index (χ0n) is 17.1.